The Bertz CT molecular complexity index is 184. The van der Waals surface area contributed by atoms with Gasteiger partial charge in [-0.1, -0.05) is 13.3 Å². The first-order chi connectivity index (χ1) is 6.90. The molecule has 1 unspecified atom stereocenters. The van der Waals surface area contributed by atoms with E-state index in [1.54, 1.807) is 6.92 Å². The van der Waals surface area contributed by atoms with Crippen molar-refractivity contribution in [1.82, 2.24) is 0 Å². The van der Waals surface area contributed by atoms with Gasteiger partial charge in [-0.25, -0.2) is 0 Å². The minimum absolute atomic E-state index is 0.350. The van der Waals surface area contributed by atoms with Crippen molar-refractivity contribution in [2.45, 2.75) is 51.8 Å². The maximum Gasteiger partial charge on any atom is 0.389 e. The largest absolute Gasteiger partial charge is 0.389 e. The molecule has 0 amide bonds. The van der Waals surface area contributed by atoms with Crippen LogP contribution in [0.3, 0.4) is 0 Å². The van der Waals surface area contributed by atoms with Crippen LogP contribution in [0.25, 0.3) is 0 Å². The van der Waals surface area contributed by atoms with Crippen molar-refractivity contribution in [3.8, 4) is 0 Å². The molecular weight excluding hydrogens is 209 g/mol. The lowest BCUT2D eigenvalue weighted by molar-refractivity contribution is -0.148. The summed E-state index contributed by atoms with van der Waals surface area (Å²) in [5, 5.41) is 0. The van der Waals surface area contributed by atoms with Crippen LogP contribution in [0.1, 0.15) is 39.5 Å². The normalized spacial score (nSPS) is 13.9. The number of rotatable bonds is 7. The van der Waals surface area contributed by atoms with Crippen LogP contribution < -0.4 is 0 Å². The zero-order valence-electron chi connectivity index (χ0n) is 9.06. The molecule has 0 aliphatic rings. The Morgan fingerprint density at radius 2 is 1.93 bits per heavy atom. The monoisotopic (exact) mass is 226 g/mol. The Morgan fingerprint density at radius 3 is 2.33 bits per heavy atom. The Balaban J connectivity index is 4.02. The molecule has 1 atom stereocenters. The van der Waals surface area contributed by atoms with Gasteiger partial charge in [-0.3, -0.25) is 4.79 Å². The number of ketones is 1. The summed E-state index contributed by atoms with van der Waals surface area (Å²) in [5.41, 5.74) is 0. The molecule has 0 radical (unpaired) electrons. The number of carbonyl (C=O) groups excluding carboxylic acids is 1. The fraction of sp³-hybridized carbons (Fsp3) is 0.900. The third-order valence-corrected chi connectivity index (χ3v) is 1.93. The lowest BCUT2D eigenvalue weighted by Gasteiger charge is -2.15. The van der Waals surface area contributed by atoms with E-state index in [0.29, 0.717) is 13.0 Å². The molecule has 0 saturated heterocycles. The van der Waals surface area contributed by atoms with Crippen molar-refractivity contribution < 1.29 is 22.7 Å². The van der Waals surface area contributed by atoms with Gasteiger partial charge in [0.25, 0.3) is 0 Å². The molecule has 0 aliphatic heterocycles. The maximum absolute atomic E-state index is 11.9. The first kappa shape index (κ1) is 14.4. The fourth-order valence-corrected chi connectivity index (χ4v) is 1.23. The average Bonchev–Trinajstić information content (AvgIpc) is 2.13. The molecule has 2 nitrogen and oxygen atoms in total. The highest BCUT2D eigenvalue weighted by molar-refractivity contribution is 5.83. The Hall–Kier alpha value is -0.580. The van der Waals surface area contributed by atoms with Crippen LogP contribution in [0.5, 0.6) is 0 Å². The summed E-state index contributed by atoms with van der Waals surface area (Å²) in [5.74, 6) is -0.448. The van der Waals surface area contributed by atoms with E-state index in [4.69, 9.17) is 4.74 Å². The van der Waals surface area contributed by atoms with Gasteiger partial charge in [0.2, 0.25) is 0 Å². The maximum atomic E-state index is 11.9. The van der Waals surface area contributed by atoms with Gasteiger partial charge >= 0.3 is 6.18 Å². The van der Waals surface area contributed by atoms with Crippen LogP contribution in [-0.2, 0) is 9.53 Å². The predicted octanol–water partition coefficient (Wildman–Crippen LogP) is 3.10. The summed E-state index contributed by atoms with van der Waals surface area (Å²) >= 11 is 0. The number of Topliss-reactive ketones (excluding diaryl/α,β-unsaturated/α-hetero) is 1. The minimum atomic E-state index is -4.27. The zero-order chi connectivity index (χ0) is 11.9. The predicted molar refractivity (Wildman–Crippen MR) is 50.6 cm³/mol. The van der Waals surface area contributed by atoms with E-state index in [2.05, 4.69) is 0 Å². The number of halogens is 3. The minimum Gasteiger partial charge on any atom is -0.371 e. The van der Waals surface area contributed by atoms with Crippen molar-refractivity contribution in [2.75, 3.05) is 6.61 Å². The molecule has 0 N–H and O–H groups in total. The summed E-state index contributed by atoms with van der Waals surface area (Å²) in [6.45, 7) is 3.94. The van der Waals surface area contributed by atoms with Gasteiger partial charge in [0.1, 0.15) is 6.10 Å². The number of carbonyl (C=O) groups is 1. The summed E-state index contributed by atoms with van der Waals surface area (Å²) in [7, 11) is 0. The highest BCUT2D eigenvalue weighted by atomic mass is 19.4. The van der Waals surface area contributed by atoms with E-state index in [9.17, 15) is 18.0 Å². The van der Waals surface area contributed by atoms with E-state index >= 15 is 0 Å². The molecule has 90 valence electrons. The van der Waals surface area contributed by atoms with Gasteiger partial charge in [-0.05, 0) is 13.3 Å². The van der Waals surface area contributed by atoms with E-state index in [1.807, 2.05) is 6.92 Å². The van der Waals surface area contributed by atoms with Gasteiger partial charge in [-0.2, -0.15) is 13.2 Å². The molecule has 0 rings (SSSR count). The Labute approximate surface area is 87.8 Å². The molecule has 15 heavy (non-hydrogen) atoms. The van der Waals surface area contributed by atoms with E-state index in [0.717, 1.165) is 6.42 Å². The average molecular weight is 226 g/mol. The third kappa shape index (κ3) is 7.36. The Kier molecular flexibility index (Phi) is 6.56. The lowest BCUT2D eigenvalue weighted by atomic mass is 10.1. The quantitative estimate of drug-likeness (QED) is 0.666. The second-order valence-electron chi connectivity index (χ2n) is 3.31. The van der Waals surface area contributed by atoms with E-state index < -0.39 is 30.9 Å². The van der Waals surface area contributed by atoms with Crippen LogP contribution in [0.15, 0.2) is 0 Å². The van der Waals surface area contributed by atoms with Crippen LogP contribution in [0, 0.1) is 0 Å². The van der Waals surface area contributed by atoms with Gasteiger partial charge < -0.3 is 4.74 Å². The zero-order valence-corrected chi connectivity index (χ0v) is 9.06. The van der Waals surface area contributed by atoms with Crippen LogP contribution in [0.4, 0.5) is 13.2 Å². The van der Waals surface area contributed by atoms with Crippen molar-refractivity contribution >= 4 is 5.78 Å². The van der Waals surface area contributed by atoms with E-state index in [1.165, 1.54) is 0 Å². The molecule has 0 spiro atoms. The first-order valence-electron chi connectivity index (χ1n) is 5.11. The molecule has 0 aromatic heterocycles. The smallest absolute Gasteiger partial charge is 0.371 e. The number of hydrogen-bond donors (Lipinski definition) is 0. The SMILES string of the molecule is CCCC(OCC)C(=O)CCC(F)(F)F. The summed E-state index contributed by atoms with van der Waals surface area (Å²) in [6.07, 6.45) is -5.25. The van der Waals surface area contributed by atoms with Crippen molar-refractivity contribution in [1.29, 1.82) is 0 Å². The van der Waals surface area contributed by atoms with Gasteiger partial charge in [0.05, 0.1) is 6.42 Å². The summed E-state index contributed by atoms with van der Waals surface area (Å²) in [6, 6.07) is 0. The lowest BCUT2D eigenvalue weighted by Crippen LogP contribution is -2.25. The second-order valence-corrected chi connectivity index (χ2v) is 3.31. The molecule has 0 aromatic carbocycles. The van der Waals surface area contributed by atoms with Crippen LogP contribution in [0.2, 0.25) is 0 Å². The molecule has 0 saturated carbocycles. The first-order valence-corrected chi connectivity index (χ1v) is 5.11. The van der Waals surface area contributed by atoms with Crippen molar-refractivity contribution in [3.63, 3.8) is 0 Å². The van der Waals surface area contributed by atoms with Crippen molar-refractivity contribution in [3.05, 3.63) is 0 Å². The fourth-order valence-electron chi connectivity index (χ4n) is 1.23. The van der Waals surface area contributed by atoms with Crippen LogP contribution in [-0.4, -0.2) is 24.7 Å². The second kappa shape index (κ2) is 6.82. The summed E-state index contributed by atoms with van der Waals surface area (Å²) in [4.78, 5) is 11.3. The van der Waals surface area contributed by atoms with Gasteiger partial charge in [0, 0.05) is 13.0 Å². The molecule has 0 aromatic rings. The third-order valence-electron chi connectivity index (χ3n) is 1.93. The van der Waals surface area contributed by atoms with Gasteiger partial charge in [-0.15, -0.1) is 0 Å². The van der Waals surface area contributed by atoms with Gasteiger partial charge in [0.15, 0.2) is 5.78 Å². The number of hydrogen-bond acceptors (Lipinski definition) is 2. The Morgan fingerprint density at radius 1 is 1.33 bits per heavy atom. The molecule has 0 aliphatic carbocycles. The number of alkyl halides is 3. The molecule has 0 fully saturated rings. The molecule has 5 heteroatoms. The van der Waals surface area contributed by atoms with Crippen molar-refractivity contribution in [2.24, 2.45) is 0 Å². The summed E-state index contributed by atoms with van der Waals surface area (Å²) < 4.78 is 40.7. The standard InChI is InChI=1S/C10H17F3O2/c1-3-5-9(15-4-2)8(14)6-7-10(11,12)13/h9H,3-7H2,1-2H3. The molecular formula is C10H17F3O2. The molecule has 0 bridgehead atoms. The topological polar surface area (TPSA) is 26.3 Å². The van der Waals surface area contributed by atoms with Crippen LogP contribution >= 0.6 is 0 Å². The van der Waals surface area contributed by atoms with E-state index in [-0.39, 0.29) is 0 Å². The highest BCUT2D eigenvalue weighted by Gasteiger charge is 2.29. The highest BCUT2D eigenvalue weighted by Crippen LogP contribution is 2.22. The number of ether oxygens (including phenoxy) is 1. The molecule has 0 heterocycles.